The smallest absolute Gasteiger partial charge is 0.328 e. The first-order valence-electron chi connectivity index (χ1n) is 12.3. The molecule has 37 heavy (non-hydrogen) atoms. The van der Waals surface area contributed by atoms with E-state index >= 15 is 0 Å². The van der Waals surface area contributed by atoms with Gasteiger partial charge in [-0.1, -0.05) is 58.9 Å². The zero-order valence-corrected chi connectivity index (χ0v) is 22.0. The van der Waals surface area contributed by atoms with E-state index in [0.29, 0.717) is 29.2 Å². The molecule has 2 aromatic carbocycles. The Morgan fingerprint density at radius 1 is 1.03 bits per heavy atom. The fraction of sp³-hybridized carbons (Fsp3) is 0.345. The molecule has 1 unspecified atom stereocenters. The van der Waals surface area contributed by atoms with Gasteiger partial charge in [-0.3, -0.25) is 14.6 Å². The Morgan fingerprint density at radius 3 is 2.30 bits per heavy atom. The molecule has 0 radical (unpaired) electrons. The first-order chi connectivity index (χ1) is 17.5. The summed E-state index contributed by atoms with van der Waals surface area (Å²) < 4.78 is 4.93. The maximum absolute atomic E-state index is 13.2. The van der Waals surface area contributed by atoms with Crippen molar-refractivity contribution < 1.29 is 19.1 Å². The number of carbonyl (C=O) groups excluding carboxylic acids is 3. The zero-order chi connectivity index (χ0) is 26.9. The van der Waals surface area contributed by atoms with Gasteiger partial charge in [-0.05, 0) is 40.7 Å². The Bertz CT molecular complexity index is 1330. The number of nitrogens with one attached hydrogen (secondary N) is 1. The van der Waals surface area contributed by atoms with E-state index in [2.05, 4.69) is 36.1 Å². The number of amides is 2. The van der Waals surface area contributed by atoms with E-state index in [1.54, 1.807) is 29.3 Å². The van der Waals surface area contributed by atoms with E-state index in [1.807, 2.05) is 38.1 Å². The molecular weight excluding hydrogens is 468 g/mol. The van der Waals surface area contributed by atoms with Crippen LogP contribution in [0.2, 0.25) is 0 Å². The maximum atomic E-state index is 13.2. The highest BCUT2D eigenvalue weighted by Gasteiger charge is 2.38. The molecule has 192 valence electrons. The van der Waals surface area contributed by atoms with Gasteiger partial charge in [0.2, 0.25) is 0 Å². The number of esters is 1. The summed E-state index contributed by atoms with van der Waals surface area (Å²) >= 11 is 0. The van der Waals surface area contributed by atoms with Crippen LogP contribution in [0.15, 0.2) is 54.9 Å². The standard InChI is InChI=1S/C29H32N4O4/c1-17(2)25(28(36)37-6)33-16-20-8-7-19(13-22(20)27(33)35)23-14-31-24(15-30-23)32-26(34)18-9-11-21(12-10-18)29(3,4)5/h7-15,17,25H,16H2,1-6H3,(H,31,32,34). The summed E-state index contributed by atoms with van der Waals surface area (Å²) in [5.74, 6) is -0.665. The van der Waals surface area contributed by atoms with E-state index in [1.165, 1.54) is 13.3 Å². The number of carbonyl (C=O) groups is 3. The molecular formula is C29H32N4O4. The highest BCUT2D eigenvalue weighted by Crippen LogP contribution is 2.31. The van der Waals surface area contributed by atoms with Crippen LogP contribution in [0.25, 0.3) is 11.3 Å². The number of methoxy groups -OCH3 is 1. The maximum Gasteiger partial charge on any atom is 0.328 e. The lowest BCUT2D eigenvalue weighted by molar-refractivity contribution is -0.147. The van der Waals surface area contributed by atoms with Crippen LogP contribution >= 0.6 is 0 Å². The van der Waals surface area contributed by atoms with Crippen LogP contribution in [0.4, 0.5) is 5.82 Å². The lowest BCUT2D eigenvalue weighted by Crippen LogP contribution is -2.45. The van der Waals surface area contributed by atoms with Crippen molar-refractivity contribution in [2.24, 2.45) is 5.92 Å². The largest absolute Gasteiger partial charge is 0.467 e. The van der Waals surface area contributed by atoms with E-state index in [-0.39, 0.29) is 23.1 Å². The van der Waals surface area contributed by atoms with Crippen molar-refractivity contribution >= 4 is 23.6 Å². The van der Waals surface area contributed by atoms with Crippen molar-refractivity contribution in [2.75, 3.05) is 12.4 Å². The fourth-order valence-corrected chi connectivity index (χ4v) is 4.44. The summed E-state index contributed by atoms with van der Waals surface area (Å²) in [5, 5.41) is 2.77. The Morgan fingerprint density at radius 2 is 1.73 bits per heavy atom. The van der Waals surface area contributed by atoms with Crippen LogP contribution in [0.3, 0.4) is 0 Å². The van der Waals surface area contributed by atoms with Crippen LogP contribution in [0.5, 0.6) is 0 Å². The molecule has 8 heteroatoms. The quantitative estimate of drug-likeness (QED) is 0.486. The molecule has 0 saturated heterocycles. The monoisotopic (exact) mass is 500 g/mol. The van der Waals surface area contributed by atoms with Crippen LogP contribution in [0.1, 0.15) is 66.5 Å². The molecule has 8 nitrogen and oxygen atoms in total. The highest BCUT2D eigenvalue weighted by atomic mass is 16.5. The van der Waals surface area contributed by atoms with Gasteiger partial charge in [0.15, 0.2) is 5.82 Å². The molecule has 1 N–H and O–H groups in total. The van der Waals surface area contributed by atoms with Gasteiger partial charge in [-0.25, -0.2) is 9.78 Å². The van der Waals surface area contributed by atoms with Crippen molar-refractivity contribution in [3.8, 4) is 11.3 Å². The van der Waals surface area contributed by atoms with Crippen molar-refractivity contribution in [2.45, 2.75) is 52.6 Å². The molecule has 4 rings (SSSR count). The highest BCUT2D eigenvalue weighted by molar-refractivity contribution is 6.04. The molecule has 0 fully saturated rings. The third kappa shape index (κ3) is 5.38. The van der Waals surface area contributed by atoms with E-state index < -0.39 is 12.0 Å². The Hall–Kier alpha value is -4.07. The molecule has 0 saturated carbocycles. The van der Waals surface area contributed by atoms with Gasteiger partial charge in [0, 0.05) is 23.2 Å². The van der Waals surface area contributed by atoms with Crippen molar-refractivity contribution in [3.63, 3.8) is 0 Å². The zero-order valence-electron chi connectivity index (χ0n) is 22.0. The predicted octanol–water partition coefficient (Wildman–Crippen LogP) is 4.85. The number of nitrogens with zero attached hydrogens (tertiary/aromatic N) is 3. The third-order valence-electron chi connectivity index (χ3n) is 6.55. The van der Waals surface area contributed by atoms with Gasteiger partial charge < -0.3 is 15.0 Å². The minimum atomic E-state index is -0.652. The number of fused-ring (bicyclic) bond motifs is 1. The molecule has 2 heterocycles. The van der Waals surface area contributed by atoms with E-state index in [0.717, 1.165) is 16.7 Å². The van der Waals surface area contributed by atoms with E-state index in [4.69, 9.17) is 4.74 Å². The Balaban J connectivity index is 1.48. The van der Waals surface area contributed by atoms with Crippen molar-refractivity contribution in [1.82, 2.24) is 14.9 Å². The second kappa shape index (κ2) is 10.1. The topological polar surface area (TPSA) is 101 Å². The lowest BCUT2D eigenvalue weighted by atomic mass is 9.87. The average Bonchev–Trinajstić information content (AvgIpc) is 3.19. The van der Waals surface area contributed by atoms with Crippen LogP contribution in [-0.2, 0) is 21.5 Å². The summed E-state index contributed by atoms with van der Waals surface area (Å²) in [6, 6.07) is 12.4. The van der Waals surface area contributed by atoms with Crippen molar-refractivity contribution in [1.29, 1.82) is 0 Å². The SMILES string of the molecule is COC(=O)C(C(C)C)N1Cc2ccc(-c3cnc(NC(=O)c4ccc(C(C)(C)C)cc4)cn3)cc2C1=O. The summed E-state index contributed by atoms with van der Waals surface area (Å²) in [7, 11) is 1.33. The minimum absolute atomic E-state index is 0.00819. The van der Waals surface area contributed by atoms with Crippen LogP contribution in [0, 0.1) is 5.92 Å². The summed E-state index contributed by atoms with van der Waals surface area (Å²) in [5.41, 5.74) is 4.35. The van der Waals surface area contributed by atoms with Gasteiger partial charge in [0.05, 0.1) is 25.2 Å². The van der Waals surface area contributed by atoms with Gasteiger partial charge in [0.1, 0.15) is 6.04 Å². The van der Waals surface area contributed by atoms with Gasteiger partial charge in [0.25, 0.3) is 11.8 Å². The van der Waals surface area contributed by atoms with E-state index in [9.17, 15) is 14.4 Å². The van der Waals surface area contributed by atoms with Crippen LogP contribution < -0.4 is 5.32 Å². The molecule has 0 aliphatic carbocycles. The number of rotatable bonds is 6. The summed E-state index contributed by atoms with van der Waals surface area (Å²) in [4.78, 5) is 48.5. The molecule has 1 aromatic heterocycles. The molecule has 2 amide bonds. The molecule has 0 spiro atoms. The number of hydrogen-bond acceptors (Lipinski definition) is 6. The normalized spacial score (nSPS) is 13.9. The second-order valence-corrected chi connectivity index (χ2v) is 10.6. The number of hydrogen-bond donors (Lipinski definition) is 1. The first kappa shape index (κ1) is 26.0. The second-order valence-electron chi connectivity index (χ2n) is 10.6. The molecule has 0 bridgehead atoms. The molecule has 1 aliphatic heterocycles. The first-order valence-corrected chi connectivity index (χ1v) is 12.3. The Labute approximate surface area is 217 Å². The average molecular weight is 501 g/mol. The minimum Gasteiger partial charge on any atom is -0.467 e. The molecule has 3 aromatic rings. The molecule has 1 aliphatic rings. The predicted molar refractivity (Wildman–Crippen MR) is 141 cm³/mol. The number of aromatic nitrogens is 2. The lowest BCUT2D eigenvalue weighted by Gasteiger charge is -2.28. The van der Waals surface area contributed by atoms with Gasteiger partial charge >= 0.3 is 5.97 Å². The molecule has 1 atom stereocenters. The van der Waals surface area contributed by atoms with Crippen molar-refractivity contribution in [3.05, 3.63) is 77.1 Å². The third-order valence-corrected chi connectivity index (χ3v) is 6.55. The number of anilines is 1. The number of ether oxygens (including phenoxy) is 1. The number of benzene rings is 2. The Kier molecular flexibility index (Phi) is 7.12. The van der Waals surface area contributed by atoms with Crippen LogP contribution in [-0.4, -0.2) is 45.8 Å². The van der Waals surface area contributed by atoms with Gasteiger partial charge in [-0.2, -0.15) is 0 Å². The summed E-state index contributed by atoms with van der Waals surface area (Å²) in [6.45, 7) is 10.5. The summed E-state index contributed by atoms with van der Waals surface area (Å²) in [6.07, 6.45) is 3.05. The fourth-order valence-electron chi connectivity index (χ4n) is 4.44. The van der Waals surface area contributed by atoms with Gasteiger partial charge in [-0.15, -0.1) is 0 Å².